The molecule has 0 N–H and O–H groups in total. The summed E-state index contributed by atoms with van der Waals surface area (Å²) in [6, 6.07) is 10.00. The van der Waals surface area contributed by atoms with Crippen molar-refractivity contribution >= 4 is 0 Å². The van der Waals surface area contributed by atoms with Gasteiger partial charge in [0.05, 0.1) is 13.1 Å². The quantitative estimate of drug-likeness (QED) is 0.418. The maximum Gasteiger partial charge on any atom is 0.140 e. The van der Waals surface area contributed by atoms with Gasteiger partial charge in [-0.1, -0.05) is 30.3 Å². The Bertz CT molecular complexity index is 337. The van der Waals surface area contributed by atoms with Crippen molar-refractivity contribution in [2.45, 2.75) is 19.4 Å². The van der Waals surface area contributed by atoms with Gasteiger partial charge in [-0.25, -0.2) is 0 Å². The van der Waals surface area contributed by atoms with Crippen molar-refractivity contribution in [3.63, 3.8) is 0 Å². The predicted octanol–water partition coefficient (Wildman–Crippen LogP) is 2.20. The van der Waals surface area contributed by atoms with E-state index in [2.05, 4.69) is 5.92 Å². The van der Waals surface area contributed by atoms with E-state index in [1.165, 1.54) is 5.56 Å². The second-order valence-corrected chi connectivity index (χ2v) is 4.08. The molecule has 0 aliphatic heterocycles. The zero-order valence-corrected chi connectivity index (χ0v) is 9.31. The van der Waals surface area contributed by atoms with Crippen LogP contribution < -0.4 is 0 Å². The lowest BCUT2D eigenvalue weighted by atomic mass is 10.1. The van der Waals surface area contributed by atoms with Crippen molar-refractivity contribution in [1.82, 2.24) is 0 Å². The lowest BCUT2D eigenvalue weighted by Crippen LogP contribution is -2.46. The predicted molar refractivity (Wildman–Crippen MR) is 62.9 cm³/mol. The molecule has 2 nitrogen and oxygen atoms in total. The van der Waals surface area contributed by atoms with Crippen molar-refractivity contribution in [3.05, 3.63) is 41.1 Å². The summed E-state index contributed by atoms with van der Waals surface area (Å²) in [4.78, 5) is 0. The van der Waals surface area contributed by atoms with Crippen LogP contribution in [-0.4, -0.2) is 24.3 Å². The molecule has 0 amide bonds. The maximum absolute atomic E-state index is 12.0. The van der Waals surface area contributed by atoms with Gasteiger partial charge in [-0.2, -0.15) is 0 Å². The SMILES string of the molecule is C#CC[N@@+](C)([O-])[C@H](C)Cc1ccccc1. The summed E-state index contributed by atoms with van der Waals surface area (Å²) >= 11 is 0. The fraction of sp³-hybridized carbons (Fsp3) is 0.385. The van der Waals surface area contributed by atoms with Gasteiger partial charge in [-0.3, -0.25) is 0 Å². The summed E-state index contributed by atoms with van der Waals surface area (Å²) < 4.78 is -0.370. The highest BCUT2D eigenvalue weighted by molar-refractivity contribution is 5.15. The van der Waals surface area contributed by atoms with E-state index < -0.39 is 0 Å². The fourth-order valence-corrected chi connectivity index (χ4v) is 1.49. The van der Waals surface area contributed by atoms with Crippen molar-refractivity contribution in [1.29, 1.82) is 0 Å². The van der Waals surface area contributed by atoms with E-state index in [-0.39, 0.29) is 17.2 Å². The first kappa shape index (κ1) is 11.8. The highest BCUT2D eigenvalue weighted by Gasteiger charge is 2.18. The van der Waals surface area contributed by atoms with E-state index in [9.17, 15) is 5.21 Å². The molecule has 0 unspecified atom stereocenters. The molecule has 2 heteroatoms. The molecule has 1 rings (SSSR count). The van der Waals surface area contributed by atoms with Gasteiger partial charge in [0.2, 0.25) is 0 Å². The van der Waals surface area contributed by atoms with Crippen molar-refractivity contribution < 1.29 is 4.65 Å². The molecule has 2 atom stereocenters. The molecule has 1 aromatic carbocycles. The minimum Gasteiger partial charge on any atom is -0.632 e. The van der Waals surface area contributed by atoms with Crippen LogP contribution in [0.3, 0.4) is 0 Å². The Balaban J connectivity index is 2.64. The van der Waals surface area contributed by atoms with Crippen molar-refractivity contribution in [2.75, 3.05) is 13.6 Å². The monoisotopic (exact) mass is 203 g/mol. The topological polar surface area (TPSA) is 23.1 Å². The molecular weight excluding hydrogens is 186 g/mol. The average molecular weight is 203 g/mol. The Morgan fingerprint density at radius 3 is 2.53 bits per heavy atom. The van der Waals surface area contributed by atoms with E-state index in [0.717, 1.165) is 6.42 Å². The van der Waals surface area contributed by atoms with Gasteiger partial charge < -0.3 is 9.85 Å². The molecule has 0 aliphatic carbocycles. The Kier molecular flexibility index (Phi) is 3.90. The summed E-state index contributed by atoms with van der Waals surface area (Å²) in [7, 11) is 1.63. The number of rotatable bonds is 4. The van der Waals surface area contributed by atoms with E-state index in [4.69, 9.17) is 6.42 Å². The van der Waals surface area contributed by atoms with Crippen LogP contribution >= 0.6 is 0 Å². The number of hydroxylamine groups is 3. The number of nitrogens with zero attached hydrogens (tertiary/aromatic N) is 1. The Morgan fingerprint density at radius 2 is 2.00 bits per heavy atom. The minimum absolute atomic E-state index is 0.0107. The van der Waals surface area contributed by atoms with E-state index in [1.54, 1.807) is 7.05 Å². The lowest BCUT2D eigenvalue weighted by molar-refractivity contribution is -0.877. The number of benzene rings is 1. The lowest BCUT2D eigenvalue weighted by Gasteiger charge is -2.42. The molecule has 0 saturated carbocycles. The first-order valence-corrected chi connectivity index (χ1v) is 5.10. The number of quaternary nitrogens is 1. The third kappa shape index (κ3) is 3.39. The molecule has 0 radical (unpaired) electrons. The largest absolute Gasteiger partial charge is 0.632 e. The van der Waals surface area contributed by atoms with Crippen LogP contribution in [-0.2, 0) is 6.42 Å². The first-order valence-electron chi connectivity index (χ1n) is 5.10. The third-order valence-electron chi connectivity index (χ3n) is 2.71. The van der Waals surface area contributed by atoms with E-state index >= 15 is 0 Å². The van der Waals surface area contributed by atoms with Gasteiger partial charge >= 0.3 is 0 Å². The summed E-state index contributed by atoms with van der Waals surface area (Å²) in [5.41, 5.74) is 1.18. The summed E-state index contributed by atoms with van der Waals surface area (Å²) in [6.07, 6.45) is 5.95. The Morgan fingerprint density at radius 1 is 1.40 bits per heavy atom. The minimum atomic E-state index is -0.370. The third-order valence-corrected chi connectivity index (χ3v) is 2.71. The molecule has 0 bridgehead atoms. The van der Waals surface area contributed by atoms with Crippen molar-refractivity contribution in [2.24, 2.45) is 0 Å². The highest BCUT2D eigenvalue weighted by Crippen LogP contribution is 2.13. The standard InChI is InChI=1S/C13H17NO/c1-4-10-14(3,15)12(2)11-13-8-6-5-7-9-13/h1,5-9,12H,10-11H2,2-3H3/t12-,14-/m1/s1. The van der Waals surface area contributed by atoms with Gasteiger partial charge in [0.1, 0.15) is 6.54 Å². The van der Waals surface area contributed by atoms with Gasteiger partial charge in [0, 0.05) is 6.42 Å². The van der Waals surface area contributed by atoms with Crippen LogP contribution in [0.5, 0.6) is 0 Å². The molecule has 0 aliphatic rings. The molecule has 0 fully saturated rings. The molecule has 0 saturated heterocycles. The summed E-state index contributed by atoms with van der Waals surface area (Å²) in [5.74, 6) is 2.43. The molecule has 0 aromatic heterocycles. The molecule has 15 heavy (non-hydrogen) atoms. The van der Waals surface area contributed by atoms with Crippen LogP contribution in [0.1, 0.15) is 12.5 Å². The first-order chi connectivity index (χ1) is 7.06. The normalized spacial score (nSPS) is 16.4. The van der Waals surface area contributed by atoms with E-state index in [0.29, 0.717) is 0 Å². The average Bonchev–Trinajstić information content (AvgIpc) is 2.19. The highest BCUT2D eigenvalue weighted by atomic mass is 16.5. The number of likely N-dealkylation sites (N-methyl/N-ethyl adjacent to an activating group) is 1. The molecule has 80 valence electrons. The zero-order chi connectivity index (χ0) is 11.3. The fourth-order valence-electron chi connectivity index (χ4n) is 1.49. The molecule has 0 heterocycles. The molecule has 1 aromatic rings. The van der Waals surface area contributed by atoms with Gasteiger partial charge in [-0.05, 0) is 18.4 Å². The number of hydrogen-bond acceptors (Lipinski definition) is 1. The van der Waals surface area contributed by atoms with Gasteiger partial charge in [0.15, 0.2) is 0 Å². The molecular formula is C13H17NO. The second-order valence-electron chi connectivity index (χ2n) is 4.08. The molecule has 0 spiro atoms. The Hall–Kier alpha value is -1.30. The Labute approximate surface area is 91.7 Å². The van der Waals surface area contributed by atoms with Crippen LogP contribution in [0.4, 0.5) is 0 Å². The smallest absolute Gasteiger partial charge is 0.140 e. The zero-order valence-electron chi connectivity index (χ0n) is 9.31. The van der Waals surface area contributed by atoms with Crippen LogP contribution in [0.15, 0.2) is 30.3 Å². The van der Waals surface area contributed by atoms with Crippen LogP contribution in [0.2, 0.25) is 0 Å². The number of terminal acetylenes is 1. The van der Waals surface area contributed by atoms with E-state index in [1.807, 2.05) is 37.3 Å². The second kappa shape index (κ2) is 4.97. The number of hydrogen-bond donors (Lipinski definition) is 0. The van der Waals surface area contributed by atoms with Crippen LogP contribution in [0.25, 0.3) is 0 Å². The van der Waals surface area contributed by atoms with Crippen molar-refractivity contribution in [3.8, 4) is 12.3 Å². The van der Waals surface area contributed by atoms with Gasteiger partial charge in [0.25, 0.3) is 0 Å². The maximum atomic E-state index is 12.0. The summed E-state index contributed by atoms with van der Waals surface area (Å²) in [5, 5.41) is 12.0. The van der Waals surface area contributed by atoms with Crippen LogP contribution in [0, 0.1) is 17.6 Å². The van der Waals surface area contributed by atoms with Gasteiger partial charge in [-0.15, -0.1) is 6.42 Å². The summed E-state index contributed by atoms with van der Waals surface area (Å²) in [6.45, 7) is 2.17.